The molecule has 0 saturated heterocycles. The third-order valence-corrected chi connectivity index (χ3v) is 3.49. The molecule has 0 amide bonds. The molecule has 0 bridgehead atoms. The van der Waals surface area contributed by atoms with Crippen LogP contribution in [0.3, 0.4) is 0 Å². The van der Waals surface area contributed by atoms with E-state index < -0.39 is 0 Å². The first kappa shape index (κ1) is 10.0. The summed E-state index contributed by atoms with van der Waals surface area (Å²) in [6, 6.07) is 0. The highest BCUT2D eigenvalue weighted by molar-refractivity contribution is 4.96. The first-order valence-electron chi connectivity index (χ1n) is 5.06. The normalized spacial score (nSPS) is 36.2. The van der Waals surface area contributed by atoms with E-state index >= 15 is 0 Å². The van der Waals surface area contributed by atoms with Gasteiger partial charge in [0, 0.05) is 12.1 Å². The highest BCUT2D eigenvalue weighted by Crippen LogP contribution is 2.37. The van der Waals surface area contributed by atoms with E-state index in [1.807, 2.05) is 0 Å². The lowest BCUT2D eigenvalue weighted by Crippen LogP contribution is -2.50. The average molecular weight is 170 g/mol. The summed E-state index contributed by atoms with van der Waals surface area (Å²) in [6.07, 6.45) is 3.92. The fourth-order valence-electron chi connectivity index (χ4n) is 2.39. The van der Waals surface area contributed by atoms with Crippen molar-refractivity contribution in [3.05, 3.63) is 0 Å². The monoisotopic (exact) mass is 170 g/mol. The second-order valence-electron chi connectivity index (χ2n) is 4.29. The number of nitrogens with two attached hydrogens (primary N) is 1. The minimum atomic E-state index is 0.328. The van der Waals surface area contributed by atoms with Gasteiger partial charge >= 0.3 is 0 Å². The minimum Gasteiger partial charge on any atom is -0.329 e. The summed E-state index contributed by atoms with van der Waals surface area (Å²) in [7, 11) is 2.20. The molecular formula is C10H22N2. The summed E-state index contributed by atoms with van der Waals surface area (Å²) >= 11 is 0. The van der Waals surface area contributed by atoms with E-state index in [-0.39, 0.29) is 0 Å². The molecule has 1 saturated carbocycles. The molecule has 1 rings (SSSR count). The van der Waals surface area contributed by atoms with Gasteiger partial charge in [0.2, 0.25) is 0 Å². The molecule has 1 fully saturated rings. The van der Waals surface area contributed by atoms with Gasteiger partial charge in [0.15, 0.2) is 0 Å². The Morgan fingerprint density at radius 3 is 2.58 bits per heavy atom. The molecule has 2 N–H and O–H groups in total. The number of likely N-dealkylation sites (N-methyl/N-ethyl adjacent to an activating group) is 1. The molecule has 0 radical (unpaired) electrons. The van der Waals surface area contributed by atoms with Crippen molar-refractivity contribution in [1.29, 1.82) is 0 Å². The molecule has 1 aliphatic rings. The first-order valence-corrected chi connectivity index (χ1v) is 5.06. The topological polar surface area (TPSA) is 29.3 Å². The Labute approximate surface area is 76.1 Å². The Bertz CT molecular complexity index is 147. The van der Waals surface area contributed by atoms with Crippen LogP contribution in [0.2, 0.25) is 0 Å². The molecule has 2 heteroatoms. The average Bonchev–Trinajstić information content (AvgIpc) is 2.47. The van der Waals surface area contributed by atoms with Crippen LogP contribution in [0.4, 0.5) is 0 Å². The lowest BCUT2D eigenvalue weighted by atomic mass is 9.94. The van der Waals surface area contributed by atoms with Gasteiger partial charge in [0.1, 0.15) is 0 Å². The van der Waals surface area contributed by atoms with Crippen LogP contribution in [-0.2, 0) is 0 Å². The minimum absolute atomic E-state index is 0.328. The summed E-state index contributed by atoms with van der Waals surface area (Å²) in [5.74, 6) is 0.863. The van der Waals surface area contributed by atoms with Gasteiger partial charge in [-0.15, -0.1) is 0 Å². The van der Waals surface area contributed by atoms with E-state index in [9.17, 15) is 0 Å². The van der Waals surface area contributed by atoms with Gasteiger partial charge in [0.25, 0.3) is 0 Å². The van der Waals surface area contributed by atoms with Crippen LogP contribution in [0.25, 0.3) is 0 Å². The van der Waals surface area contributed by atoms with Crippen LogP contribution in [0.15, 0.2) is 0 Å². The fourth-order valence-corrected chi connectivity index (χ4v) is 2.39. The largest absolute Gasteiger partial charge is 0.329 e. The highest BCUT2D eigenvalue weighted by Gasteiger charge is 2.38. The second-order valence-corrected chi connectivity index (χ2v) is 4.29. The lowest BCUT2D eigenvalue weighted by molar-refractivity contribution is 0.135. The van der Waals surface area contributed by atoms with Crippen molar-refractivity contribution in [1.82, 2.24) is 4.90 Å². The summed E-state index contributed by atoms with van der Waals surface area (Å²) in [4.78, 5) is 2.43. The molecule has 2 nitrogen and oxygen atoms in total. The second kappa shape index (κ2) is 3.75. The third-order valence-electron chi connectivity index (χ3n) is 3.49. The molecule has 0 aromatic heterocycles. The molecule has 2 atom stereocenters. The first-order chi connectivity index (χ1) is 5.64. The van der Waals surface area contributed by atoms with Crippen molar-refractivity contribution >= 4 is 0 Å². The Morgan fingerprint density at radius 1 is 1.58 bits per heavy atom. The van der Waals surface area contributed by atoms with Gasteiger partial charge in [0.05, 0.1) is 0 Å². The van der Waals surface area contributed by atoms with Gasteiger partial charge in [-0.3, -0.25) is 4.90 Å². The number of hydrogen-bond acceptors (Lipinski definition) is 2. The zero-order chi connectivity index (χ0) is 9.19. The molecule has 12 heavy (non-hydrogen) atoms. The van der Waals surface area contributed by atoms with Gasteiger partial charge in [-0.05, 0) is 38.8 Å². The summed E-state index contributed by atoms with van der Waals surface area (Å²) < 4.78 is 0. The van der Waals surface area contributed by atoms with Crippen molar-refractivity contribution in [3.63, 3.8) is 0 Å². The highest BCUT2D eigenvalue weighted by atomic mass is 15.2. The van der Waals surface area contributed by atoms with Crippen molar-refractivity contribution < 1.29 is 0 Å². The maximum absolute atomic E-state index is 5.87. The van der Waals surface area contributed by atoms with E-state index in [1.54, 1.807) is 0 Å². The third kappa shape index (κ3) is 1.64. The Morgan fingerprint density at radius 2 is 2.25 bits per heavy atom. The molecule has 0 heterocycles. The molecule has 0 spiro atoms. The standard InChI is InChI=1S/C10H22N2/c1-4-12(3)10(8-11)6-5-9(2)7-10/h9H,4-8,11H2,1-3H3. The van der Waals surface area contributed by atoms with Gasteiger partial charge in [-0.2, -0.15) is 0 Å². The van der Waals surface area contributed by atoms with Gasteiger partial charge in [-0.1, -0.05) is 13.8 Å². The maximum Gasteiger partial charge on any atom is 0.0331 e. The van der Waals surface area contributed by atoms with Crippen LogP contribution in [-0.4, -0.2) is 30.6 Å². The smallest absolute Gasteiger partial charge is 0.0331 e. The summed E-state index contributed by atoms with van der Waals surface area (Å²) in [5.41, 5.74) is 6.19. The van der Waals surface area contributed by atoms with Gasteiger partial charge in [-0.25, -0.2) is 0 Å². The zero-order valence-electron chi connectivity index (χ0n) is 8.64. The van der Waals surface area contributed by atoms with E-state index in [0.29, 0.717) is 5.54 Å². The van der Waals surface area contributed by atoms with Crippen LogP contribution in [0.5, 0.6) is 0 Å². The maximum atomic E-state index is 5.87. The van der Waals surface area contributed by atoms with E-state index in [4.69, 9.17) is 5.73 Å². The quantitative estimate of drug-likeness (QED) is 0.694. The van der Waals surface area contributed by atoms with Crippen LogP contribution >= 0.6 is 0 Å². The van der Waals surface area contributed by atoms with Crippen molar-refractivity contribution in [2.24, 2.45) is 11.7 Å². The summed E-state index contributed by atoms with van der Waals surface area (Å²) in [5, 5.41) is 0. The molecule has 72 valence electrons. The summed E-state index contributed by atoms with van der Waals surface area (Å²) in [6.45, 7) is 6.48. The van der Waals surface area contributed by atoms with Gasteiger partial charge < -0.3 is 5.73 Å². The number of hydrogen-bond donors (Lipinski definition) is 1. The molecule has 0 aliphatic heterocycles. The predicted molar refractivity (Wildman–Crippen MR) is 53.1 cm³/mol. The molecule has 0 aromatic carbocycles. The van der Waals surface area contributed by atoms with Crippen molar-refractivity contribution in [2.45, 2.75) is 38.6 Å². The Hall–Kier alpha value is -0.0800. The van der Waals surface area contributed by atoms with E-state index in [1.165, 1.54) is 19.3 Å². The van der Waals surface area contributed by atoms with Crippen LogP contribution in [0.1, 0.15) is 33.1 Å². The van der Waals surface area contributed by atoms with Crippen molar-refractivity contribution in [2.75, 3.05) is 20.1 Å². The predicted octanol–water partition coefficient (Wildman–Crippen LogP) is 1.46. The lowest BCUT2D eigenvalue weighted by Gasteiger charge is -2.37. The molecular weight excluding hydrogens is 148 g/mol. The SMILES string of the molecule is CCN(C)C1(CN)CCC(C)C1. The molecule has 0 aromatic rings. The zero-order valence-corrected chi connectivity index (χ0v) is 8.64. The number of nitrogens with zero attached hydrogens (tertiary/aromatic N) is 1. The molecule has 2 unspecified atom stereocenters. The number of rotatable bonds is 3. The fraction of sp³-hybridized carbons (Fsp3) is 1.00. The van der Waals surface area contributed by atoms with Crippen LogP contribution < -0.4 is 5.73 Å². The molecule has 1 aliphatic carbocycles. The van der Waals surface area contributed by atoms with Crippen LogP contribution in [0, 0.1) is 5.92 Å². The Kier molecular flexibility index (Phi) is 3.13. The van der Waals surface area contributed by atoms with E-state index in [0.717, 1.165) is 19.0 Å². The Balaban J connectivity index is 2.63. The van der Waals surface area contributed by atoms with Crippen molar-refractivity contribution in [3.8, 4) is 0 Å². The van der Waals surface area contributed by atoms with E-state index in [2.05, 4.69) is 25.8 Å².